The first kappa shape index (κ1) is 20.8. The molecule has 2 aromatic rings. The number of carbonyl (C=O) groups is 1. The number of amides is 1. The van der Waals surface area contributed by atoms with Crippen LogP contribution in [0.25, 0.3) is 0 Å². The number of thiazole rings is 1. The molecule has 0 aliphatic heterocycles. The summed E-state index contributed by atoms with van der Waals surface area (Å²) in [4.78, 5) is 17.0. The fourth-order valence-corrected chi connectivity index (χ4v) is 3.17. The van der Waals surface area contributed by atoms with Crippen molar-refractivity contribution in [3.63, 3.8) is 0 Å². The quantitative estimate of drug-likeness (QED) is 0.609. The largest absolute Gasteiger partial charge is 0.490 e. The maximum absolute atomic E-state index is 12.6. The molecule has 0 atom stereocenters. The Morgan fingerprint density at radius 1 is 1.07 bits per heavy atom. The molecule has 0 unspecified atom stereocenters. The zero-order chi connectivity index (χ0) is 19.6. The average Bonchev–Trinajstić information content (AvgIpc) is 3.12. The van der Waals surface area contributed by atoms with Gasteiger partial charge in [0.15, 0.2) is 16.6 Å². The first-order chi connectivity index (χ1) is 13.1. The highest BCUT2D eigenvalue weighted by Crippen LogP contribution is 2.39. The molecule has 7 nitrogen and oxygen atoms in total. The number of nitrogens with one attached hydrogen (secondary N) is 2. The smallest absolute Gasteiger partial charge is 0.251 e. The fraction of sp³-hybridized carbons (Fsp3) is 0.474. The Hall–Kier alpha value is -2.48. The summed E-state index contributed by atoms with van der Waals surface area (Å²) in [6.07, 6.45) is 0.664. The molecule has 0 aliphatic carbocycles. The standard InChI is InChI=1S/C19H27N3O4S/c1-5-24-15-10-13(11-16(25-6-2)17(15)26-7-3)18(23)21-9-8-14-12-27-19(20-4)22-14/h10-12H,5-9H2,1-4H3,(H,20,22)(H,21,23). The van der Waals surface area contributed by atoms with E-state index in [0.717, 1.165) is 10.8 Å². The average molecular weight is 394 g/mol. The lowest BCUT2D eigenvalue weighted by Crippen LogP contribution is -2.26. The molecule has 2 rings (SSSR count). The van der Waals surface area contributed by atoms with Gasteiger partial charge in [-0.15, -0.1) is 11.3 Å². The molecule has 2 N–H and O–H groups in total. The predicted molar refractivity (Wildman–Crippen MR) is 108 cm³/mol. The molecule has 1 heterocycles. The number of carbonyl (C=O) groups excluding carboxylic acids is 1. The van der Waals surface area contributed by atoms with Crippen molar-refractivity contribution in [3.8, 4) is 17.2 Å². The maximum atomic E-state index is 12.6. The molecule has 0 saturated heterocycles. The maximum Gasteiger partial charge on any atom is 0.251 e. The second-order valence-electron chi connectivity index (χ2n) is 5.50. The van der Waals surface area contributed by atoms with Crippen LogP contribution in [0.3, 0.4) is 0 Å². The number of hydrogen-bond acceptors (Lipinski definition) is 7. The Kier molecular flexibility index (Phi) is 8.19. The van der Waals surface area contributed by atoms with Crippen LogP contribution < -0.4 is 24.8 Å². The molecule has 148 valence electrons. The summed E-state index contributed by atoms with van der Waals surface area (Å²) in [5, 5.41) is 8.77. The number of hydrogen-bond donors (Lipinski definition) is 2. The van der Waals surface area contributed by atoms with Gasteiger partial charge in [0.25, 0.3) is 5.91 Å². The Bertz CT molecular complexity index is 721. The minimum atomic E-state index is -0.191. The van der Waals surface area contributed by atoms with Crippen molar-refractivity contribution in [1.82, 2.24) is 10.3 Å². The third-order valence-electron chi connectivity index (χ3n) is 3.60. The number of benzene rings is 1. The van der Waals surface area contributed by atoms with Crippen molar-refractivity contribution in [1.29, 1.82) is 0 Å². The van der Waals surface area contributed by atoms with Gasteiger partial charge in [0.05, 0.1) is 25.5 Å². The molecule has 8 heteroatoms. The van der Waals surface area contributed by atoms with Crippen molar-refractivity contribution < 1.29 is 19.0 Å². The summed E-state index contributed by atoms with van der Waals surface area (Å²) < 4.78 is 17.0. The highest BCUT2D eigenvalue weighted by molar-refractivity contribution is 7.13. The lowest BCUT2D eigenvalue weighted by Gasteiger charge is -2.17. The summed E-state index contributed by atoms with van der Waals surface area (Å²) in [5.41, 5.74) is 1.42. The summed E-state index contributed by atoms with van der Waals surface area (Å²) in [7, 11) is 1.84. The summed E-state index contributed by atoms with van der Waals surface area (Å²) in [6.45, 7) is 7.57. The fourth-order valence-electron chi connectivity index (χ4n) is 2.46. The Labute approximate surface area is 164 Å². The Morgan fingerprint density at radius 2 is 1.70 bits per heavy atom. The van der Waals surface area contributed by atoms with Gasteiger partial charge in [-0.1, -0.05) is 0 Å². The second-order valence-corrected chi connectivity index (χ2v) is 6.36. The van der Waals surface area contributed by atoms with Crippen LogP contribution in [0.5, 0.6) is 17.2 Å². The molecule has 0 aliphatic rings. The number of aromatic nitrogens is 1. The van der Waals surface area contributed by atoms with Crippen LogP contribution in [-0.4, -0.2) is 44.3 Å². The Balaban J connectivity index is 2.11. The van der Waals surface area contributed by atoms with Gasteiger partial charge in [-0.25, -0.2) is 4.98 Å². The zero-order valence-corrected chi connectivity index (χ0v) is 17.1. The number of anilines is 1. The first-order valence-electron chi connectivity index (χ1n) is 9.09. The van der Waals surface area contributed by atoms with Gasteiger partial charge in [-0.2, -0.15) is 0 Å². The van der Waals surface area contributed by atoms with Crippen molar-refractivity contribution >= 4 is 22.4 Å². The molecule has 0 radical (unpaired) electrons. The van der Waals surface area contributed by atoms with E-state index in [9.17, 15) is 4.79 Å². The van der Waals surface area contributed by atoms with E-state index in [0.29, 0.717) is 55.6 Å². The summed E-state index contributed by atoms with van der Waals surface area (Å²) in [6, 6.07) is 3.38. The van der Waals surface area contributed by atoms with E-state index in [2.05, 4.69) is 15.6 Å². The van der Waals surface area contributed by atoms with E-state index < -0.39 is 0 Å². The third-order valence-corrected chi connectivity index (χ3v) is 4.51. The van der Waals surface area contributed by atoms with Crippen molar-refractivity contribution in [2.24, 2.45) is 0 Å². The molecular formula is C19H27N3O4S. The monoisotopic (exact) mass is 393 g/mol. The van der Waals surface area contributed by atoms with Crippen LogP contribution in [0.2, 0.25) is 0 Å². The molecule has 0 fully saturated rings. The van der Waals surface area contributed by atoms with Gasteiger partial charge in [0.1, 0.15) is 0 Å². The molecule has 1 aromatic carbocycles. The Morgan fingerprint density at radius 3 is 2.22 bits per heavy atom. The highest BCUT2D eigenvalue weighted by Gasteiger charge is 2.18. The highest BCUT2D eigenvalue weighted by atomic mass is 32.1. The predicted octanol–water partition coefficient (Wildman–Crippen LogP) is 3.35. The number of ether oxygens (including phenoxy) is 3. The normalized spacial score (nSPS) is 10.4. The molecular weight excluding hydrogens is 366 g/mol. The topological polar surface area (TPSA) is 81.7 Å². The van der Waals surface area contributed by atoms with Crippen LogP contribution in [0.1, 0.15) is 36.8 Å². The van der Waals surface area contributed by atoms with E-state index in [1.807, 2.05) is 33.2 Å². The van der Waals surface area contributed by atoms with Crippen molar-refractivity contribution in [2.75, 3.05) is 38.7 Å². The van der Waals surface area contributed by atoms with E-state index >= 15 is 0 Å². The minimum absolute atomic E-state index is 0.191. The second kappa shape index (κ2) is 10.6. The van der Waals surface area contributed by atoms with E-state index in [4.69, 9.17) is 14.2 Å². The van der Waals surface area contributed by atoms with E-state index in [1.165, 1.54) is 0 Å². The van der Waals surface area contributed by atoms with E-state index in [1.54, 1.807) is 23.5 Å². The first-order valence-corrected chi connectivity index (χ1v) is 9.97. The summed E-state index contributed by atoms with van der Waals surface area (Å²) >= 11 is 1.54. The minimum Gasteiger partial charge on any atom is -0.490 e. The van der Waals surface area contributed by atoms with Crippen molar-refractivity contribution in [2.45, 2.75) is 27.2 Å². The molecule has 1 amide bonds. The SMILES string of the molecule is CCOc1cc(C(=O)NCCc2csc(NC)n2)cc(OCC)c1OCC. The number of rotatable bonds is 11. The van der Waals surface area contributed by atoms with Gasteiger partial charge in [-0.05, 0) is 32.9 Å². The molecule has 0 saturated carbocycles. The van der Waals surface area contributed by atoms with Gasteiger partial charge >= 0.3 is 0 Å². The molecule has 27 heavy (non-hydrogen) atoms. The van der Waals surface area contributed by atoms with E-state index in [-0.39, 0.29) is 5.91 Å². The molecule has 1 aromatic heterocycles. The van der Waals surface area contributed by atoms with Crippen LogP contribution >= 0.6 is 11.3 Å². The van der Waals surface area contributed by atoms with Crippen LogP contribution in [-0.2, 0) is 6.42 Å². The van der Waals surface area contributed by atoms with Gasteiger partial charge in [-0.3, -0.25) is 4.79 Å². The van der Waals surface area contributed by atoms with Gasteiger partial charge in [0, 0.05) is 31.0 Å². The third kappa shape index (κ3) is 5.75. The van der Waals surface area contributed by atoms with Crippen LogP contribution in [0.4, 0.5) is 5.13 Å². The van der Waals surface area contributed by atoms with Crippen LogP contribution in [0, 0.1) is 0 Å². The van der Waals surface area contributed by atoms with Crippen molar-refractivity contribution in [3.05, 3.63) is 28.8 Å². The lowest BCUT2D eigenvalue weighted by atomic mass is 10.1. The van der Waals surface area contributed by atoms with Crippen LogP contribution in [0.15, 0.2) is 17.5 Å². The van der Waals surface area contributed by atoms with Gasteiger partial charge < -0.3 is 24.8 Å². The lowest BCUT2D eigenvalue weighted by molar-refractivity contribution is 0.0953. The zero-order valence-electron chi connectivity index (χ0n) is 16.3. The van der Waals surface area contributed by atoms with Gasteiger partial charge in [0.2, 0.25) is 5.75 Å². The summed E-state index contributed by atoms with van der Waals surface area (Å²) in [5.74, 6) is 1.35. The number of nitrogens with zero attached hydrogens (tertiary/aromatic N) is 1. The molecule has 0 bridgehead atoms. The molecule has 0 spiro atoms.